The SMILES string of the molecule is O[C@@H]1CCCN(c2ccc(-c3nc(Cc4ccc(Cl)cc4)no3)cn2)C1. The number of pyridine rings is 1. The minimum atomic E-state index is -0.281. The molecule has 4 rings (SSSR count). The van der Waals surface area contributed by atoms with Crippen LogP contribution in [0, 0.1) is 0 Å². The van der Waals surface area contributed by atoms with Crippen molar-refractivity contribution < 1.29 is 9.63 Å². The number of rotatable bonds is 4. The fourth-order valence-electron chi connectivity index (χ4n) is 3.09. The molecule has 1 N–H and O–H groups in total. The average molecular weight is 371 g/mol. The van der Waals surface area contributed by atoms with E-state index in [2.05, 4.69) is 20.0 Å². The highest BCUT2D eigenvalue weighted by Gasteiger charge is 2.19. The van der Waals surface area contributed by atoms with Crippen molar-refractivity contribution in [2.75, 3.05) is 18.0 Å². The van der Waals surface area contributed by atoms with Crippen LogP contribution in [-0.2, 0) is 6.42 Å². The Morgan fingerprint density at radius 3 is 2.77 bits per heavy atom. The molecular formula is C19H19ClN4O2. The van der Waals surface area contributed by atoms with Gasteiger partial charge in [0.05, 0.1) is 11.7 Å². The minimum Gasteiger partial charge on any atom is -0.391 e. The first-order chi connectivity index (χ1) is 12.7. The van der Waals surface area contributed by atoms with E-state index in [1.165, 1.54) is 0 Å². The van der Waals surface area contributed by atoms with Crippen molar-refractivity contribution in [2.24, 2.45) is 0 Å². The number of aliphatic hydroxyl groups excluding tert-OH is 1. The normalized spacial score (nSPS) is 17.5. The van der Waals surface area contributed by atoms with Crippen LogP contribution in [0.25, 0.3) is 11.5 Å². The summed E-state index contributed by atoms with van der Waals surface area (Å²) < 4.78 is 5.37. The van der Waals surface area contributed by atoms with Crippen molar-refractivity contribution in [3.63, 3.8) is 0 Å². The number of anilines is 1. The van der Waals surface area contributed by atoms with Gasteiger partial charge in [-0.15, -0.1) is 0 Å². The van der Waals surface area contributed by atoms with Crippen molar-refractivity contribution in [3.8, 4) is 11.5 Å². The number of nitrogens with zero attached hydrogens (tertiary/aromatic N) is 4. The Balaban J connectivity index is 1.46. The second-order valence-corrected chi connectivity index (χ2v) is 6.90. The molecule has 0 unspecified atom stereocenters. The molecule has 2 aromatic heterocycles. The van der Waals surface area contributed by atoms with Crippen LogP contribution in [0.15, 0.2) is 47.1 Å². The number of hydrogen-bond donors (Lipinski definition) is 1. The smallest absolute Gasteiger partial charge is 0.259 e. The highest BCUT2D eigenvalue weighted by Crippen LogP contribution is 2.22. The summed E-state index contributed by atoms with van der Waals surface area (Å²) in [5.74, 6) is 1.92. The van der Waals surface area contributed by atoms with E-state index in [1.54, 1.807) is 6.20 Å². The number of piperidine rings is 1. The molecule has 3 aromatic rings. The molecule has 3 heterocycles. The molecule has 6 nitrogen and oxygen atoms in total. The molecule has 1 saturated heterocycles. The minimum absolute atomic E-state index is 0.281. The lowest BCUT2D eigenvalue weighted by Gasteiger charge is -2.30. The summed E-state index contributed by atoms with van der Waals surface area (Å²) in [7, 11) is 0. The van der Waals surface area contributed by atoms with Crippen LogP contribution in [0.2, 0.25) is 5.02 Å². The van der Waals surface area contributed by atoms with Gasteiger partial charge < -0.3 is 14.5 Å². The third-order valence-electron chi connectivity index (χ3n) is 4.46. The van der Waals surface area contributed by atoms with Gasteiger partial charge in [0.15, 0.2) is 5.82 Å². The second kappa shape index (κ2) is 7.43. The maximum absolute atomic E-state index is 9.80. The molecule has 0 saturated carbocycles. The topological polar surface area (TPSA) is 75.3 Å². The van der Waals surface area contributed by atoms with E-state index in [1.807, 2.05) is 36.4 Å². The first kappa shape index (κ1) is 17.0. The number of halogens is 1. The molecule has 0 radical (unpaired) electrons. The van der Waals surface area contributed by atoms with E-state index in [4.69, 9.17) is 16.1 Å². The van der Waals surface area contributed by atoms with Crippen molar-refractivity contribution in [1.29, 1.82) is 0 Å². The van der Waals surface area contributed by atoms with E-state index in [-0.39, 0.29) is 6.10 Å². The zero-order valence-corrected chi connectivity index (χ0v) is 14.9. The summed E-state index contributed by atoms with van der Waals surface area (Å²) in [5, 5.41) is 14.5. The quantitative estimate of drug-likeness (QED) is 0.759. The van der Waals surface area contributed by atoms with Gasteiger partial charge >= 0.3 is 0 Å². The van der Waals surface area contributed by atoms with Crippen LogP contribution in [0.3, 0.4) is 0 Å². The van der Waals surface area contributed by atoms with E-state index in [0.29, 0.717) is 29.7 Å². The molecule has 1 aliphatic heterocycles. The van der Waals surface area contributed by atoms with Crippen LogP contribution in [0.4, 0.5) is 5.82 Å². The molecule has 1 atom stereocenters. The lowest BCUT2D eigenvalue weighted by atomic mass is 10.1. The number of hydrogen-bond acceptors (Lipinski definition) is 6. The summed E-state index contributed by atoms with van der Waals surface area (Å²) in [5.41, 5.74) is 1.85. The highest BCUT2D eigenvalue weighted by atomic mass is 35.5. The van der Waals surface area contributed by atoms with E-state index >= 15 is 0 Å². The lowest BCUT2D eigenvalue weighted by Crippen LogP contribution is -2.38. The standard InChI is InChI=1S/C19H19ClN4O2/c20-15-6-3-13(4-7-15)10-17-22-19(26-23-17)14-5-8-18(21-11-14)24-9-1-2-16(25)12-24/h3-8,11,16,25H,1-2,9-10,12H2/t16-/m1/s1. The summed E-state index contributed by atoms with van der Waals surface area (Å²) >= 11 is 5.90. The van der Waals surface area contributed by atoms with Crippen LogP contribution in [0.1, 0.15) is 24.2 Å². The maximum Gasteiger partial charge on any atom is 0.259 e. The molecule has 1 aromatic carbocycles. The monoisotopic (exact) mass is 370 g/mol. The van der Waals surface area contributed by atoms with Gasteiger partial charge in [-0.1, -0.05) is 28.9 Å². The fraction of sp³-hybridized carbons (Fsp3) is 0.316. The average Bonchev–Trinajstić information content (AvgIpc) is 3.12. The van der Waals surface area contributed by atoms with Gasteiger partial charge in [-0.05, 0) is 42.7 Å². The summed E-state index contributed by atoms with van der Waals surface area (Å²) in [6, 6.07) is 11.4. The summed E-state index contributed by atoms with van der Waals surface area (Å²) in [4.78, 5) is 11.0. The highest BCUT2D eigenvalue weighted by molar-refractivity contribution is 6.30. The van der Waals surface area contributed by atoms with Gasteiger partial charge in [-0.3, -0.25) is 0 Å². The number of β-amino-alcohol motifs (C(OH)–C–C–N with tert-alkyl or cyclic N) is 1. The summed E-state index contributed by atoms with van der Waals surface area (Å²) in [6.45, 7) is 1.54. The fourth-order valence-corrected chi connectivity index (χ4v) is 3.22. The third kappa shape index (κ3) is 3.86. The van der Waals surface area contributed by atoms with E-state index in [0.717, 1.165) is 36.3 Å². The Morgan fingerprint density at radius 1 is 1.19 bits per heavy atom. The Labute approximate surface area is 156 Å². The molecule has 134 valence electrons. The Hall–Kier alpha value is -2.44. The number of aliphatic hydroxyl groups is 1. The first-order valence-corrected chi connectivity index (χ1v) is 9.01. The van der Waals surface area contributed by atoms with Gasteiger partial charge in [0.25, 0.3) is 5.89 Å². The van der Waals surface area contributed by atoms with Crippen molar-refractivity contribution in [3.05, 3.63) is 59.0 Å². The molecule has 0 amide bonds. The van der Waals surface area contributed by atoms with Gasteiger partial charge in [0.1, 0.15) is 5.82 Å². The second-order valence-electron chi connectivity index (χ2n) is 6.47. The maximum atomic E-state index is 9.80. The number of aromatic nitrogens is 3. The Kier molecular flexibility index (Phi) is 4.86. The summed E-state index contributed by atoms with van der Waals surface area (Å²) in [6.07, 6.45) is 3.86. The Morgan fingerprint density at radius 2 is 2.04 bits per heavy atom. The molecule has 1 fully saturated rings. The van der Waals surface area contributed by atoms with Gasteiger partial charge in [0.2, 0.25) is 0 Å². The largest absolute Gasteiger partial charge is 0.391 e. The van der Waals surface area contributed by atoms with Crippen LogP contribution in [-0.4, -0.2) is 39.4 Å². The lowest BCUT2D eigenvalue weighted by molar-refractivity contribution is 0.154. The molecule has 0 spiro atoms. The zero-order valence-electron chi connectivity index (χ0n) is 14.2. The van der Waals surface area contributed by atoms with Crippen molar-refractivity contribution in [2.45, 2.75) is 25.4 Å². The van der Waals surface area contributed by atoms with Crippen LogP contribution >= 0.6 is 11.6 Å². The number of benzene rings is 1. The molecule has 26 heavy (non-hydrogen) atoms. The predicted molar refractivity (Wildman–Crippen MR) is 99.2 cm³/mol. The Bertz CT molecular complexity index is 864. The first-order valence-electron chi connectivity index (χ1n) is 8.64. The van der Waals surface area contributed by atoms with Crippen LogP contribution < -0.4 is 4.90 Å². The molecular weight excluding hydrogens is 352 g/mol. The zero-order chi connectivity index (χ0) is 17.9. The van der Waals surface area contributed by atoms with E-state index < -0.39 is 0 Å². The molecule has 1 aliphatic rings. The van der Waals surface area contributed by atoms with Gasteiger partial charge in [0, 0.05) is 30.7 Å². The third-order valence-corrected chi connectivity index (χ3v) is 4.71. The van der Waals surface area contributed by atoms with Crippen molar-refractivity contribution >= 4 is 17.4 Å². The van der Waals surface area contributed by atoms with Crippen molar-refractivity contribution in [1.82, 2.24) is 15.1 Å². The van der Waals surface area contributed by atoms with Gasteiger partial charge in [-0.25, -0.2) is 4.98 Å². The van der Waals surface area contributed by atoms with E-state index in [9.17, 15) is 5.11 Å². The molecule has 0 bridgehead atoms. The van der Waals surface area contributed by atoms with Gasteiger partial charge in [-0.2, -0.15) is 4.98 Å². The molecule has 0 aliphatic carbocycles. The van der Waals surface area contributed by atoms with Crippen LogP contribution in [0.5, 0.6) is 0 Å². The predicted octanol–water partition coefficient (Wildman–Crippen LogP) is 3.34. The molecule has 7 heteroatoms.